The van der Waals surface area contributed by atoms with Crippen molar-refractivity contribution in [2.75, 3.05) is 11.1 Å². The third-order valence-electron chi connectivity index (χ3n) is 3.11. The van der Waals surface area contributed by atoms with Crippen LogP contribution in [-0.4, -0.2) is 5.91 Å². The molecule has 0 unspecified atom stereocenters. The molecule has 0 spiro atoms. The van der Waals surface area contributed by atoms with Gasteiger partial charge in [-0.3, -0.25) is 4.79 Å². The second-order valence-electron chi connectivity index (χ2n) is 4.67. The first-order chi connectivity index (χ1) is 9.51. The van der Waals surface area contributed by atoms with Crippen molar-refractivity contribution in [2.45, 2.75) is 13.8 Å². The number of nitrogens with zero attached hydrogens (tertiary/aromatic N) is 1. The van der Waals surface area contributed by atoms with Crippen LogP contribution in [0.25, 0.3) is 0 Å². The molecule has 2 aromatic rings. The van der Waals surface area contributed by atoms with E-state index in [4.69, 9.17) is 11.0 Å². The lowest BCUT2D eigenvalue weighted by molar-refractivity contribution is 0.102. The van der Waals surface area contributed by atoms with Crippen molar-refractivity contribution in [2.24, 2.45) is 0 Å². The zero-order chi connectivity index (χ0) is 14.7. The van der Waals surface area contributed by atoms with Gasteiger partial charge in [0.15, 0.2) is 0 Å². The number of nitrogens with two attached hydrogens (primary N) is 1. The molecule has 1 amide bonds. The number of carbonyl (C=O) groups is 1. The maximum Gasteiger partial charge on any atom is 0.256 e. The Labute approximate surface area is 117 Å². The summed E-state index contributed by atoms with van der Waals surface area (Å²) in [4.78, 5) is 12.2. The van der Waals surface area contributed by atoms with E-state index in [1.54, 1.807) is 30.3 Å². The van der Waals surface area contributed by atoms with Crippen LogP contribution in [0.1, 0.15) is 27.0 Å². The van der Waals surface area contributed by atoms with Crippen LogP contribution in [0.2, 0.25) is 0 Å². The quantitative estimate of drug-likeness (QED) is 0.819. The fourth-order valence-electron chi connectivity index (χ4n) is 1.98. The summed E-state index contributed by atoms with van der Waals surface area (Å²) >= 11 is 0. The molecule has 0 saturated carbocycles. The number of amides is 1. The summed E-state index contributed by atoms with van der Waals surface area (Å²) in [5.74, 6) is -0.232. The molecule has 0 aliphatic heterocycles. The molecule has 0 aliphatic carbocycles. The molecule has 0 saturated heterocycles. The normalized spacial score (nSPS) is 9.85. The molecule has 0 heterocycles. The van der Waals surface area contributed by atoms with Gasteiger partial charge < -0.3 is 11.1 Å². The van der Waals surface area contributed by atoms with Crippen molar-refractivity contribution in [1.29, 1.82) is 5.26 Å². The van der Waals surface area contributed by atoms with Crippen LogP contribution in [0.3, 0.4) is 0 Å². The summed E-state index contributed by atoms with van der Waals surface area (Å²) in [6.45, 7) is 3.77. The zero-order valence-corrected chi connectivity index (χ0v) is 11.4. The molecule has 0 aliphatic rings. The van der Waals surface area contributed by atoms with E-state index in [1.807, 2.05) is 26.0 Å². The van der Waals surface area contributed by atoms with E-state index in [0.29, 0.717) is 22.5 Å². The van der Waals surface area contributed by atoms with Gasteiger partial charge in [0, 0.05) is 16.9 Å². The maximum absolute atomic E-state index is 12.2. The third-order valence-corrected chi connectivity index (χ3v) is 3.11. The fraction of sp³-hybridized carbons (Fsp3) is 0.125. The van der Waals surface area contributed by atoms with Crippen LogP contribution in [-0.2, 0) is 0 Å². The van der Waals surface area contributed by atoms with Gasteiger partial charge >= 0.3 is 0 Å². The summed E-state index contributed by atoms with van der Waals surface area (Å²) in [6, 6.07) is 12.4. The highest BCUT2D eigenvalue weighted by Crippen LogP contribution is 2.19. The van der Waals surface area contributed by atoms with Crippen LogP contribution in [0.4, 0.5) is 11.4 Å². The third kappa shape index (κ3) is 2.78. The predicted molar refractivity (Wildman–Crippen MR) is 79.4 cm³/mol. The number of anilines is 2. The number of nitrogens with one attached hydrogen (secondary N) is 1. The van der Waals surface area contributed by atoms with E-state index in [-0.39, 0.29) is 5.91 Å². The second-order valence-corrected chi connectivity index (χ2v) is 4.67. The molecule has 100 valence electrons. The van der Waals surface area contributed by atoms with E-state index >= 15 is 0 Å². The van der Waals surface area contributed by atoms with Crippen LogP contribution in [0.5, 0.6) is 0 Å². The Balaban J connectivity index is 2.28. The molecule has 0 atom stereocenters. The van der Waals surface area contributed by atoms with Crippen LogP contribution < -0.4 is 11.1 Å². The fourth-order valence-corrected chi connectivity index (χ4v) is 1.98. The Bertz CT molecular complexity index is 714. The number of benzene rings is 2. The highest BCUT2D eigenvalue weighted by atomic mass is 16.1. The van der Waals surface area contributed by atoms with Crippen molar-refractivity contribution >= 4 is 17.3 Å². The van der Waals surface area contributed by atoms with Crippen molar-refractivity contribution in [3.8, 4) is 6.07 Å². The SMILES string of the molecule is Cc1cc(C)c(C(=O)Nc2cccc(C#N)c2)cc1N. The molecule has 4 heteroatoms. The van der Waals surface area contributed by atoms with Gasteiger partial charge in [-0.2, -0.15) is 5.26 Å². The molecule has 0 fully saturated rings. The van der Waals surface area contributed by atoms with Gasteiger partial charge in [0.25, 0.3) is 5.91 Å². The largest absolute Gasteiger partial charge is 0.398 e. The minimum absolute atomic E-state index is 0.232. The lowest BCUT2D eigenvalue weighted by Gasteiger charge is -2.10. The molecule has 4 nitrogen and oxygen atoms in total. The number of hydrogen-bond acceptors (Lipinski definition) is 3. The Morgan fingerprint density at radius 3 is 2.65 bits per heavy atom. The monoisotopic (exact) mass is 265 g/mol. The first kappa shape index (κ1) is 13.6. The molecule has 0 aromatic heterocycles. The van der Waals surface area contributed by atoms with Gasteiger partial charge in [0.2, 0.25) is 0 Å². The van der Waals surface area contributed by atoms with Gasteiger partial charge in [-0.25, -0.2) is 0 Å². The second kappa shape index (κ2) is 5.45. The van der Waals surface area contributed by atoms with Crippen molar-refractivity contribution in [3.63, 3.8) is 0 Å². The number of nitrogen functional groups attached to an aromatic ring is 1. The standard InChI is InChI=1S/C16H15N3O/c1-10-6-11(2)15(18)8-14(10)16(20)19-13-5-3-4-12(7-13)9-17/h3-8H,18H2,1-2H3,(H,19,20). The average molecular weight is 265 g/mol. The number of hydrogen-bond donors (Lipinski definition) is 2. The van der Waals surface area contributed by atoms with E-state index < -0.39 is 0 Å². The molecule has 3 N–H and O–H groups in total. The Morgan fingerprint density at radius 2 is 1.95 bits per heavy atom. The molecule has 0 radical (unpaired) electrons. The molecule has 0 bridgehead atoms. The first-order valence-corrected chi connectivity index (χ1v) is 6.19. The van der Waals surface area contributed by atoms with Crippen LogP contribution in [0.15, 0.2) is 36.4 Å². The highest BCUT2D eigenvalue weighted by Gasteiger charge is 2.11. The minimum Gasteiger partial charge on any atom is -0.398 e. The lowest BCUT2D eigenvalue weighted by Crippen LogP contribution is -2.14. The summed E-state index contributed by atoms with van der Waals surface area (Å²) in [6.07, 6.45) is 0. The van der Waals surface area contributed by atoms with Gasteiger partial charge in [0.05, 0.1) is 11.6 Å². The van der Waals surface area contributed by atoms with Gasteiger partial charge in [-0.15, -0.1) is 0 Å². The Morgan fingerprint density at radius 1 is 1.20 bits per heavy atom. The van der Waals surface area contributed by atoms with Crippen molar-refractivity contribution < 1.29 is 4.79 Å². The Hall–Kier alpha value is -2.80. The zero-order valence-electron chi connectivity index (χ0n) is 11.4. The predicted octanol–water partition coefficient (Wildman–Crippen LogP) is 3.01. The van der Waals surface area contributed by atoms with Crippen molar-refractivity contribution in [1.82, 2.24) is 0 Å². The molecular weight excluding hydrogens is 250 g/mol. The summed E-state index contributed by atoms with van der Waals surface area (Å²) in [5, 5.41) is 11.6. The summed E-state index contributed by atoms with van der Waals surface area (Å²) < 4.78 is 0. The van der Waals surface area contributed by atoms with E-state index in [9.17, 15) is 4.79 Å². The Kier molecular flexibility index (Phi) is 3.72. The average Bonchev–Trinajstić information content (AvgIpc) is 2.43. The number of rotatable bonds is 2. The van der Waals surface area contributed by atoms with Crippen LogP contribution in [0, 0.1) is 25.2 Å². The van der Waals surface area contributed by atoms with Gasteiger partial charge in [-0.05, 0) is 49.2 Å². The van der Waals surface area contributed by atoms with Crippen LogP contribution >= 0.6 is 0 Å². The number of aryl methyl sites for hydroxylation is 2. The molecule has 2 rings (SSSR count). The van der Waals surface area contributed by atoms with E-state index in [2.05, 4.69) is 5.32 Å². The molecule has 2 aromatic carbocycles. The lowest BCUT2D eigenvalue weighted by atomic mass is 10.0. The summed E-state index contributed by atoms with van der Waals surface area (Å²) in [7, 11) is 0. The van der Waals surface area contributed by atoms with Gasteiger partial charge in [0.1, 0.15) is 0 Å². The molecular formula is C16H15N3O. The summed E-state index contributed by atoms with van der Waals surface area (Å²) in [5.41, 5.74) is 9.88. The van der Waals surface area contributed by atoms with E-state index in [1.165, 1.54) is 0 Å². The van der Waals surface area contributed by atoms with Gasteiger partial charge in [-0.1, -0.05) is 12.1 Å². The first-order valence-electron chi connectivity index (χ1n) is 6.19. The topological polar surface area (TPSA) is 78.9 Å². The van der Waals surface area contributed by atoms with Crippen molar-refractivity contribution in [3.05, 3.63) is 58.7 Å². The molecule has 20 heavy (non-hydrogen) atoms. The van der Waals surface area contributed by atoms with E-state index in [0.717, 1.165) is 11.1 Å². The minimum atomic E-state index is -0.232. The number of carbonyl (C=O) groups excluding carboxylic acids is 1. The number of nitriles is 1. The highest BCUT2D eigenvalue weighted by molar-refractivity contribution is 6.06. The smallest absolute Gasteiger partial charge is 0.256 e. The maximum atomic E-state index is 12.2.